The van der Waals surface area contributed by atoms with E-state index in [1.165, 1.54) is 6.07 Å². The fraction of sp³-hybridized carbons (Fsp3) is 0.381. The van der Waals surface area contributed by atoms with Crippen LogP contribution in [0.4, 0.5) is 4.39 Å². The highest BCUT2D eigenvalue weighted by Crippen LogP contribution is 2.51. The Morgan fingerprint density at radius 2 is 2.00 bits per heavy atom. The summed E-state index contributed by atoms with van der Waals surface area (Å²) in [6, 6.07) is 14.7. The van der Waals surface area contributed by atoms with Gasteiger partial charge in [0.1, 0.15) is 5.82 Å². The fourth-order valence-corrected chi connectivity index (χ4v) is 4.72. The van der Waals surface area contributed by atoms with E-state index in [-0.39, 0.29) is 29.6 Å². The van der Waals surface area contributed by atoms with Gasteiger partial charge in [0, 0.05) is 31.3 Å². The summed E-state index contributed by atoms with van der Waals surface area (Å²) in [5, 5.41) is 0. The van der Waals surface area contributed by atoms with E-state index in [1.807, 2.05) is 41.3 Å². The number of carbonyl (C=O) groups is 1. The zero-order valence-corrected chi connectivity index (χ0v) is 16.0. The van der Waals surface area contributed by atoms with E-state index in [4.69, 9.17) is 0 Å². The van der Waals surface area contributed by atoms with Crippen molar-refractivity contribution in [3.63, 3.8) is 0 Å². The Morgan fingerprint density at radius 1 is 1.22 bits per heavy atom. The zero-order valence-electron chi connectivity index (χ0n) is 15.2. The van der Waals surface area contributed by atoms with Gasteiger partial charge in [0.2, 0.25) is 5.91 Å². The molecular formula is C21H23FN2O2S. The van der Waals surface area contributed by atoms with Crippen molar-refractivity contribution in [1.29, 1.82) is 0 Å². The van der Waals surface area contributed by atoms with E-state index < -0.39 is 11.0 Å². The van der Waals surface area contributed by atoms with Crippen LogP contribution in [0.1, 0.15) is 24.3 Å². The number of amides is 1. The molecule has 2 aliphatic rings. The van der Waals surface area contributed by atoms with Crippen molar-refractivity contribution >= 4 is 16.9 Å². The molecule has 2 aromatic carbocycles. The smallest absolute Gasteiger partial charge is 0.226 e. The van der Waals surface area contributed by atoms with Gasteiger partial charge < -0.3 is 4.90 Å². The van der Waals surface area contributed by atoms with Crippen molar-refractivity contribution < 1.29 is 13.4 Å². The summed E-state index contributed by atoms with van der Waals surface area (Å²) in [7, 11) is -1.07. The van der Waals surface area contributed by atoms with Gasteiger partial charge in [-0.25, -0.2) is 13.3 Å². The van der Waals surface area contributed by atoms with Crippen LogP contribution in [0.25, 0.3) is 11.1 Å². The molecule has 0 spiro atoms. The van der Waals surface area contributed by atoms with E-state index >= 15 is 0 Å². The number of benzene rings is 2. The third-order valence-electron chi connectivity index (χ3n) is 5.44. The molecule has 0 bridgehead atoms. The second-order valence-electron chi connectivity index (χ2n) is 7.39. The molecule has 4 nitrogen and oxygen atoms in total. The number of nitrogens with one attached hydrogen (secondary N) is 1. The largest absolute Gasteiger partial charge is 0.341 e. The lowest BCUT2D eigenvalue weighted by Gasteiger charge is -2.17. The van der Waals surface area contributed by atoms with E-state index in [9.17, 15) is 13.4 Å². The van der Waals surface area contributed by atoms with Crippen molar-refractivity contribution in [2.24, 2.45) is 5.92 Å². The molecule has 1 saturated carbocycles. The molecule has 1 N–H and O–H groups in total. The summed E-state index contributed by atoms with van der Waals surface area (Å²) in [6.07, 6.45) is 3.24. The molecule has 1 saturated heterocycles. The minimum absolute atomic E-state index is 0.0382. The molecule has 6 heteroatoms. The van der Waals surface area contributed by atoms with Gasteiger partial charge in [-0.1, -0.05) is 36.4 Å². The van der Waals surface area contributed by atoms with Gasteiger partial charge in [-0.2, -0.15) is 0 Å². The molecule has 27 heavy (non-hydrogen) atoms. The molecule has 2 fully saturated rings. The van der Waals surface area contributed by atoms with Gasteiger partial charge in [0.15, 0.2) is 0 Å². The summed E-state index contributed by atoms with van der Waals surface area (Å²) < 4.78 is 28.2. The highest BCUT2D eigenvalue weighted by atomic mass is 32.2. The molecule has 1 amide bonds. The number of rotatable bonds is 5. The third-order valence-corrected chi connectivity index (χ3v) is 6.11. The number of carbonyl (C=O) groups excluding carboxylic acids is 1. The number of hydrogen-bond donors (Lipinski definition) is 1. The molecule has 142 valence electrons. The highest BCUT2D eigenvalue weighted by molar-refractivity contribution is 7.82. The lowest BCUT2D eigenvalue weighted by molar-refractivity contribution is -0.131. The molecule has 1 aliphatic heterocycles. The normalized spacial score (nSPS) is 25.4. The predicted molar refractivity (Wildman–Crippen MR) is 105 cm³/mol. The van der Waals surface area contributed by atoms with E-state index in [2.05, 4.69) is 4.72 Å². The Kier molecular flexibility index (Phi) is 5.10. The second-order valence-corrected chi connectivity index (χ2v) is 8.53. The average molecular weight is 386 g/mol. The van der Waals surface area contributed by atoms with E-state index in [0.29, 0.717) is 13.1 Å². The quantitative estimate of drug-likeness (QED) is 0.859. The van der Waals surface area contributed by atoms with Gasteiger partial charge in [-0.05, 0) is 47.6 Å². The summed E-state index contributed by atoms with van der Waals surface area (Å²) in [4.78, 5) is 14.8. The Balaban J connectivity index is 1.49. The Hall–Kier alpha value is -2.05. The van der Waals surface area contributed by atoms with Gasteiger partial charge in [0.05, 0.1) is 11.0 Å². The maximum absolute atomic E-state index is 13.9. The van der Waals surface area contributed by atoms with Crippen LogP contribution in [-0.2, 0) is 15.8 Å². The maximum Gasteiger partial charge on any atom is 0.226 e. The van der Waals surface area contributed by atoms with Crippen molar-refractivity contribution in [2.45, 2.75) is 24.8 Å². The van der Waals surface area contributed by atoms with Crippen LogP contribution in [0, 0.1) is 11.7 Å². The van der Waals surface area contributed by atoms with Crippen LogP contribution >= 0.6 is 0 Å². The van der Waals surface area contributed by atoms with Crippen LogP contribution in [0.2, 0.25) is 0 Å². The molecular weight excluding hydrogens is 363 g/mol. The monoisotopic (exact) mass is 386 g/mol. The van der Waals surface area contributed by atoms with Gasteiger partial charge in [0.25, 0.3) is 0 Å². The predicted octanol–water partition coefficient (Wildman–Crippen LogP) is 3.08. The topological polar surface area (TPSA) is 49.4 Å². The zero-order chi connectivity index (χ0) is 19.0. The SMILES string of the molecule is CS(=O)NC1CCN(C(=O)C2CC2c2ccc(F)cc2-c2ccccc2)C1. The number of likely N-dealkylation sites (tertiary alicyclic amines) is 1. The van der Waals surface area contributed by atoms with Crippen molar-refractivity contribution in [3.05, 3.63) is 59.9 Å². The van der Waals surface area contributed by atoms with Gasteiger partial charge >= 0.3 is 0 Å². The minimum Gasteiger partial charge on any atom is -0.341 e. The fourth-order valence-electron chi connectivity index (χ4n) is 4.06. The van der Waals surface area contributed by atoms with Crippen LogP contribution < -0.4 is 4.72 Å². The lowest BCUT2D eigenvalue weighted by atomic mass is 9.95. The van der Waals surface area contributed by atoms with Gasteiger partial charge in [-0.15, -0.1) is 0 Å². The lowest BCUT2D eigenvalue weighted by Crippen LogP contribution is -2.36. The molecule has 0 radical (unpaired) electrons. The Labute approximate surface area is 161 Å². The van der Waals surface area contributed by atoms with Crippen LogP contribution in [0.5, 0.6) is 0 Å². The van der Waals surface area contributed by atoms with Crippen LogP contribution in [-0.4, -0.2) is 40.4 Å². The molecule has 4 atom stereocenters. The van der Waals surface area contributed by atoms with Gasteiger partial charge in [-0.3, -0.25) is 4.79 Å². The first-order valence-electron chi connectivity index (χ1n) is 9.26. The van der Waals surface area contributed by atoms with Crippen molar-refractivity contribution in [3.8, 4) is 11.1 Å². The summed E-state index contributed by atoms with van der Waals surface area (Å²) in [5.41, 5.74) is 2.89. The highest BCUT2D eigenvalue weighted by Gasteiger charge is 2.47. The number of hydrogen-bond acceptors (Lipinski definition) is 2. The van der Waals surface area contributed by atoms with E-state index in [1.54, 1.807) is 12.3 Å². The average Bonchev–Trinajstić information content (AvgIpc) is 3.32. The van der Waals surface area contributed by atoms with E-state index in [0.717, 1.165) is 29.5 Å². The summed E-state index contributed by atoms with van der Waals surface area (Å²) in [5.74, 6) is 0.00102. The summed E-state index contributed by atoms with van der Waals surface area (Å²) in [6.45, 7) is 1.31. The van der Waals surface area contributed by atoms with Crippen molar-refractivity contribution in [1.82, 2.24) is 9.62 Å². The van der Waals surface area contributed by atoms with Crippen molar-refractivity contribution in [2.75, 3.05) is 19.3 Å². The van der Waals surface area contributed by atoms with Crippen LogP contribution in [0.15, 0.2) is 48.5 Å². The van der Waals surface area contributed by atoms with Crippen LogP contribution in [0.3, 0.4) is 0 Å². The maximum atomic E-state index is 13.9. The number of halogens is 1. The first-order chi connectivity index (χ1) is 13.0. The molecule has 0 aromatic heterocycles. The molecule has 1 heterocycles. The second kappa shape index (κ2) is 7.52. The molecule has 2 aromatic rings. The number of nitrogens with zero attached hydrogens (tertiary/aromatic N) is 1. The first-order valence-corrected chi connectivity index (χ1v) is 10.8. The third kappa shape index (κ3) is 3.96. The minimum atomic E-state index is -1.07. The molecule has 4 unspecified atom stereocenters. The molecule has 4 rings (SSSR count). The Morgan fingerprint density at radius 3 is 2.74 bits per heavy atom. The summed E-state index contributed by atoms with van der Waals surface area (Å²) >= 11 is 0. The standard InChI is InChI=1S/C21H23FN2O2S/c1-27(26)23-16-9-10-24(13-16)21(25)20-12-19(20)17-8-7-15(22)11-18(17)14-5-3-2-4-6-14/h2-8,11,16,19-20,23H,9-10,12-13H2,1H3. The Bertz CT molecular complexity index is 874. The molecule has 1 aliphatic carbocycles. The first kappa shape index (κ1) is 18.3.